The summed E-state index contributed by atoms with van der Waals surface area (Å²) < 4.78 is 23.8. The molecule has 0 spiro atoms. The van der Waals surface area contributed by atoms with E-state index in [1.165, 1.54) is 231 Å². The molecule has 1 amide bonds. The van der Waals surface area contributed by atoms with Crippen LogP contribution >= 0.6 is 7.82 Å². The van der Waals surface area contributed by atoms with Gasteiger partial charge in [0.15, 0.2) is 0 Å². The zero-order chi connectivity index (χ0) is 58.4. The Labute approximate surface area is 497 Å². The summed E-state index contributed by atoms with van der Waals surface area (Å²) in [5.74, 6) is -0.176. The lowest BCUT2D eigenvalue weighted by molar-refractivity contribution is -0.870. The van der Waals surface area contributed by atoms with Crippen LogP contribution in [0.5, 0.6) is 0 Å². The van der Waals surface area contributed by atoms with E-state index in [0.29, 0.717) is 17.4 Å². The number of allylic oxidation sites excluding steroid dienone is 11. The van der Waals surface area contributed by atoms with Gasteiger partial charge in [-0.1, -0.05) is 324 Å². The third-order valence-electron chi connectivity index (χ3n) is 15.4. The fourth-order valence-corrected chi connectivity index (χ4v) is 10.9. The number of hydrogen-bond donors (Lipinski definition) is 3. The minimum absolute atomic E-state index is 0.0598. The fraction of sp³-hybridized carbons (Fsp3) is 0.817. The maximum atomic E-state index is 13.0. The molecule has 0 aromatic rings. The number of hydrogen-bond acceptors (Lipinski definition) is 5. The Hall–Kier alpha value is -2.06. The van der Waals surface area contributed by atoms with E-state index in [1.54, 1.807) is 6.08 Å². The molecule has 0 aliphatic carbocycles. The summed E-state index contributed by atoms with van der Waals surface area (Å²) in [4.78, 5) is 23.4. The van der Waals surface area contributed by atoms with E-state index in [2.05, 4.69) is 79.9 Å². The van der Waals surface area contributed by atoms with Crippen LogP contribution in [-0.2, 0) is 18.4 Å². The van der Waals surface area contributed by atoms with Crippen molar-refractivity contribution >= 4 is 13.7 Å². The SMILES string of the molecule is CC/C=C\C/C=C\C/C=C\C/C=C\C/C=C\CCCCCCCCCCCCCCCC(=O)NC(COP(=O)(O)OCC[N+](C)(C)C)C(O)/C=C/CCCCCCCCCCCCCCCCCCCCCCCCCCCCC. The van der Waals surface area contributed by atoms with Crippen molar-refractivity contribution in [2.24, 2.45) is 0 Å². The van der Waals surface area contributed by atoms with E-state index in [4.69, 9.17) is 9.05 Å². The number of nitrogens with zero attached hydrogens (tertiary/aromatic N) is 1. The molecule has 3 N–H and O–H groups in total. The number of rotatable bonds is 63. The van der Waals surface area contributed by atoms with Crippen LogP contribution in [0.2, 0.25) is 0 Å². The van der Waals surface area contributed by atoms with Crippen LogP contribution in [0.1, 0.15) is 322 Å². The minimum Gasteiger partial charge on any atom is -0.387 e. The van der Waals surface area contributed by atoms with Crippen molar-refractivity contribution in [1.82, 2.24) is 5.32 Å². The van der Waals surface area contributed by atoms with E-state index in [1.807, 2.05) is 27.2 Å². The Morgan fingerprint density at radius 2 is 0.750 bits per heavy atom. The zero-order valence-electron chi connectivity index (χ0n) is 53.6. The van der Waals surface area contributed by atoms with Crippen molar-refractivity contribution < 1.29 is 32.9 Å². The standard InChI is InChI=1S/C71H133N2O6P/c1-6-8-10-12-14-16-18-20-22-24-26-28-30-32-34-36-38-40-42-44-46-48-50-52-54-56-58-60-62-64-70(74)69(68-79-80(76,77)78-67-66-73(3,4)5)72-71(75)65-63-61-59-57-55-53-51-49-47-45-43-41-39-37-35-33-31-29-27-25-23-21-19-17-15-13-11-9-7-2/h9,11,15,17,21,23,27,29,33,35,62,64,69-70,74H,6-8,10,12-14,16,18-20,22,24-26,28,30-32,34,36-61,63,65-68H2,1-5H3,(H-,72,75,76,77)/p+1/b11-9-,17-15-,23-21-,29-27-,35-33-,64-62+. The Morgan fingerprint density at radius 1 is 0.438 bits per heavy atom. The first-order chi connectivity index (χ1) is 39.0. The largest absolute Gasteiger partial charge is 0.472 e. The smallest absolute Gasteiger partial charge is 0.387 e. The van der Waals surface area contributed by atoms with Gasteiger partial charge in [-0.25, -0.2) is 4.57 Å². The van der Waals surface area contributed by atoms with Crippen LogP contribution in [-0.4, -0.2) is 73.4 Å². The minimum atomic E-state index is -4.36. The molecule has 0 saturated heterocycles. The zero-order valence-corrected chi connectivity index (χ0v) is 54.5. The maximum Gasteiger partial charge on any atom is 0.472 e. The van der Waals surface area contributed by atoms with E-state index in [0.717, 1.165) is 70.6 Å². The summed E-state index contributed by atoms with van der Waals surface area (Å²) in [5.41, 5.74) is 0. The van der Waals surface area contributed by atoms with Gasteiger partial charge in [0.25, 0.3) is 0 Å². The Bertz CT molecular complexity index is 1530. The molecule has 0 heterocycles. The molecule has 0 rings (SSSR count). The summed E-state index contributed by atoms with van der Waals surface area (Å²) in [6, 6.07) is -0.852. The highest BCUT2D eigenvalue weighted by Crippen LogP contribution is 2.43. The molecule has 3 atom stereocenters. The average Bonchev–Trinajstić information content (AvgIpc) is 3.42. The van der Waals surface area contributed by atoms with Crippen LogP contribution in [0.3, 0.4) is 0 Å². The van der Waals surface area contributed by atoms with Crippen molar-refractivity contribution in [3.63, 3.8) is 0 Å². The lowest BCUT2D eigenvalue weighted by Gasteiger charge is -2.25. The van der Waals surface area contributed by atoms with Crippen molar-refractivity contribution in [3.05, 3.63) is 72.9 Å². The van der Waals surface area contributed by atoms with Gasteiger partial charge in [-0.15, -0.1) is 0 Å². The first-order valence-electron chi connectivity index (χ1n) is 34.3. The highest BCUT2D eigenvalue weighted by atomic mass is 31.2. The van der Waals surface area contributed by atoms with Gasteiger partial charge < -0.3 is 19.8 Å². The van der Waals surface area contributed by atoms with Crippen LogP contribution in [0.25, 0.3) is 0 Å². The van der Waals surface area contributed by atoms with Gasteiger partial charge in [0.1, 0.15) is 13.2 Å². The van der Waals surface area contributed by atoms with Gasteiger partial charge in [-0.3, -0.25) is 13.8 Å². The fourth-order valence-electron chi connectivity index (χ4n) is 10.1. The number of unbranched alkanes of at least 4 members (excludes halogenated alkanes) is 40. The summed E-state index contributed by atoms with van der Waals surface area (Å²) in [5, 5.41) is 14.0. The first kappa shape index (κ1) is 77.9. The summed E-state index contributed by atoms with van der Waals surface area (Å²) in [7, 11) is 1.58. The van der Waals surface area contributed by atoms with Crippen molar-refractivity contribution in [2.45, 2.75) is 334 Å². The average molecular weight is 1140 g/mol. The molecule has 8 nitrogen and oxygen atoms in total. The third-order valence-corrected chi connectivity index (χ3v) is 16.4. The predicted molar refractivity (Wildman–Crippen MR) is 350 cm³/mol. The monoisotopic (exact) mass is 1140 g/mol. The van der Waals surface area contributed by atoms with Crippen LogP contribution in [0.4, 0.5) is 0 Å². The second-order valence-corrected chi connectivity index (χ2v) is 26.0. The van der Waals surface area contributed by atoms with Crippen LogP contribution in [0.15, 0.2) is 72.9 Å². The Balaban J connectivity index is 4.10. The van der Waals surface area contributed by atoms with Gasteiger partial charge in [0.05, 0.1) is 39.9 Å². The predicted octanol–water partition coefficient (Wildman–Crippen LogP) is 21.8. The highest BCUT2D eigenvalue weighted by molar-refractivity contribution is 7.47. The molecule has 0 aromatic heterocycles. The number of aliphatic hydroxyl groups excluding tert-OH is 1. The van der Waals surface area contributed by atoms with Gasteiger partial charge in [-0.05, 0) is 64.2 Å². The molecule has 9 heteroatoms. The summed E-state index contributed by atoms with van der Waals surface area (Å²) in [6.07, 6.45) is 86.1. The molecule has 0 aliphatic rings. The maximum absolute atomic E-state index is 13.0. The number of phosphoric acid groups is 1. The second-order valence-electron chi connectivity index (χ2n) is 24.5. The van der Waals surface area contributed by atoms with E-state index in [-0.39, 0.29) is 19.1 Å². The molecule has 0 saturated carbocycles. The number of carbonyl (C=O) groups is 1. The highest BCUT2D eigenvalue weighted by Gasteiger charge is 2.28. The van der Waals surface area contributed by atoms with Gasteiger partial charge >= 0.3 is 7.82 Å². The second kappa shape index (κ2) is 61.5. The van der Waals surface area contributed by atoms with E-state index in [9.17, 15) is 19.4 Å². The molecule has 0 aromatic carbocycles. The molecule has 0 aliphatic heterocycles. The van der Waals surface area contributed by atoms with Crippen LogP contribution < -0.4 is 5.32 Å². The third kappa shape index (κ3) is 63.5. The molecule has 0 bridgehead atoms. The quantitative estimate of drug-likeness (QED) is 0.0243. The van der Waals surface area contributed by atoms with Crippen molar-refractivity contribution in [2.75, 3.05) is 40.9 Å². The Kier molecular flexibility index (Phi) is 59.9. The van der Waals surface area contributed by atoms with E-state index < -0.39 is 20.0 Å². The molecule has 80 heavy (non-hydrogen) atoms. The van der Waals surface area contributed by atoms with Gasteiger partial charge in [0.2, 0.25) is 5.91 Å². The molecule has 3 unspecified atom stereocenters. The number of nitrogens with one attached hydrogen (secondary N) is 1. The summed E-state index contributed by atoms with van der Waals surface area (Å²) >= 11 is 0. The molecule has 468 valence electrons. The summed E-state index contributed by atoms with van der Waals surface area (Å²) in [6.45, 7) is 4.74. The first-order valence-corrected chi connectivity index (χ1v) is 35.8. The number of amides is 1. The lowest BCUT2D eigenvalue weighted by Crippen LogP contribution is -2.45. The van der Waals surface area contributed by atoms with Crippen molar-refractivity contribution in [1.29, 1.82) is 0 Å². The van der Waals surface area contributed by atoms with Crippen LogP contribution in [0, 0.1) is 0 Å². The molecular formula is C71H134N2O6P+. The number of phosphoric ester groups is 1. The van der Waals surface area contributed by atoms with Gasteiger partial charge in [0, 0.05) is 6.42 Å². The number of likely N-dealkylation sites (N-methyl/N-ethyl adjacent to an activating group) is 1. The number of quaternary nitrogens is 1. The number of aliphatic hydroxyl groups is 1. The lowest BCUT2D eigenvalue weighted by atomic mass is 10.0. The van der Waals surface area contributed by atoms with Gasteiger partial charge in [-0.2, -0.15) is 0 Å². The Morgan fingerprint density at radius 3 is 1.10 bits per heavy atom. The molecular weight excluding hydrogens is 1010 g/mol. The number of carbonyl (C=O) groups excluding carboxylic acids is 1. The van der Waals surface area contributed by atoms with E-state index >= 15 is 0 Å². The molecule has 0 radical (unpaired) electrons. The normalized spacial score (nSPS) is 14.1. The molecule has 0 fully saturated rings. The van der Waals surface area contributed by atoms with Crippen molar-refractivity contribution in [3.8, 4) is 0 Å². The topological polar surface area (TPSA) is 105 Å².